The van der Waals surface area contributed by atoms with Gasteiger partial charge in [-0.25, -0.2) is 0 Å². The van der Waals surface area contributed by atoms with E-state index in [0.717, 1.165) is 12.1 Å². The molecule has 0 radical (unpaired) electrons. The predicted octanol–water partition coefficient (Wildman–Crippen LogP) is 3.96. The van der Waals surface area contributed by atoms with Gasteiger partial charge in [0.1, 0.15) is 0 Å². The number of nitrogens with zero attached hydrogens (tertiary/aromatic N) is 1. The van der Waals surface area contributed by atoms with Gasteiger partial charge >= 0.3 is 0 Å². The molecule has 15 heavy (non-hydrogen) atoms. The number of aliphatic imine (C=N–C) groups is 1. The van der Waals surface area contributed by atoms with E-state index >= 15 is 0 Å². The Balaban J connectivity index is 2.67. The Morgan fingerprint density at radius 3 is 2.47 bits per heavy atom. The van der Waals surface area contributed by atoms with Gasteiger partial charge in [0.2, 0.25) is 0 Å². The van der Waals surface area contributed by atoms with Crippen molar-refractivity contribution in [2.75, 3.05) is 0 Å². The van der Waals surface area contributed by atoms with E-state index in [2.05, 4.69) is 48.3 Å². The highest BCUT2D eigenvalue weighted by Crippen LogP contribution is 2.06. The third kappa shape index (κ3) is 4.59. The van der Waals surface area contributed by atoms with Crippen molar-refractivity contribution in [1.82, 2.24) is 0 Å². The molecule has 1 heteroatoms. The van der Waals surface area contributed by atoms with Gasteiger partial charge in [0, 0.05) is 5.71 Å². The van der Waals surface area contributed by atoms with Crippen LogP contribution in [0.15, 0.2) is 41.4 Å². The lowest BCUT2D eigenvalue weighted by molar-refractivity contribution is 0.786. The molecule has 0 aliphatic carbocycles. The van der Waals surface area contributed by atoms with Gasteiger partial charge in [-0.15, -0.1) is 0 Å². The van der Waals surface area contributed by atoms with E-state index in [0.29, 0.717) is 6.04 Å². The second-order valence-electron chi connectivity index (χ2n) is 3.82. The molecule has 0 spiro atoms. The number of hydrogen-bond donors (Lipinski definition) is 0. The molecule has 0 N–H and O–H groups in total. The average Bonchev–Trinajstić information content (AvgIpc) is 2.25. The maximum absolute atomic E-state index is 4.54. The standard InChI is InChI=1S/C14H19N/c1-4-14(15-12(2)3)11-10-13-8-6-5-7-9-13/h5-11,14H,4H2,1-3H3/b11-10+. The molecule has 1 unspecified atom stereocenters. The van der Waals surface area contributed by atoms with Gasteiger partial charge in [0.25, 0.3) is 0 Å². The smallest absolute Gasteiger partial charge is 0.0679 e. The number of rotatable bonds is 4. The topological polar surface area (TPSA) is 12.4 Å². The largest absolute Gasteiger partial charge is 0.287 e. The van der Waals surface area contributed by atoms with Crippen molar-refractivity contribution < 1.29 is 0 Å². The first kappa shape index (κ1) is 11.7. The van der Waals surface area contributed by atoms with Gasteiger partial charge in [-0.05, 0) is 25.8 Å². The number of hydrogen-bond acceptors (Lipinski definition) is 1. The molecule has 0 saturated carbocycles. The Labute approximate surface area is 92.6 Å². The van der Waals surface area contributed by atoms with E-state index in [1.807, 2.05) is 19.9 Å². The summed E-state index contributed by atoms with van der Waals surface area (Å²) in [5.74, 6) is 0. The first-order chi connectivity index (χ1) is 7.22. The predicted molar refractivity (Wildman–Crippen MR) is 68.3 cm³/mol. The van der Waals surface area contributed by atoms with Gasteiger partial charge < -0.3 is 0 Å². The average molecular weight is 201 g/mol. The van der Waals surface area contributed by atoms with Crippen LogP contribution in [-0.2, 0) is 0 Å². The monoisotopic (exact) mass is 201 g/mol. The molecular weight excluding hydrogens is 182 g/mol. The van der Waals surface area contributed by atoms with E-state index in [-0.39, 0.29) is 0 Å². The molecule has 0 saturated heterocycles. The summed E-state index contributed by atoms with van der Waals surface area (Å²) in [5.41, 5.74) is 2.37. The lowest BCUT2D eigenvalue weighted by atomic mass is 10.1. The minimum absolute atomic E-state index is 0.315. The molecule has 1 aromatic carbocycles. The summed E-state index contributed by atoms with van der Waals surface area (Å²) in [7, 11) is 0. The van der Waals surface area contributed by atoms with Crippen LogP contribution in [0.5, 0.6) is 0 Å². The zero-order valence-electron chi connectivity index (χ0n) is 9.77. The maximum Gasteiger partial charge on any atom is 0.0679 e. The van der Waals surface area contributed by atoms with E-state index in [1.165, 1.54) is 5.56 Å². The fourth-order valence-corrected chi connectivity index (χ4v) is 1.39. The van der Waals surface area contributed by atoms with Gasteiger partial charge in [-0.3, -0.25) is 4.99 Å². The highest BCUT2D eigenvalue weighted by atomic mass is 14.8. The lowest BCUT2D eigenvalue weighted by Crippen LogP contribution is -2.00. The Morgan fingerprint density at radius 1 is 1.27 bits per heavy atom. The minimum Gasteiger partial charge on any atom is -0.287 e. The zero-order chi connectivity index (χ0) is 11.1. The molecule has 1 nitrogen and oxygen atoms in total. The van der Waals surface area contributed by atoms with Crippen LogP contribution in [0.1, 0.15) is 32.8 Å². The van der Waals surface area contributed by atoms with Gasteiger partial charge in [0.15, 0.2) is 0 Å². The summed E-state index contributed by atoms with van der Waals surface area (Å²) in [4.78, 5) is 4.54. The Morgan fingerprint density at radius 2 is 1.93 bits per heavy atom. The minimum atomic E-state index is 0.315. The maximum atomic E-state index is 4.54. The van der Waals surface area contributed by atoms with Crippen molar-refractivity contribution >= 4 is 11.8 Å². The molecule has 0 aliphatic heterocycles. The summed E-state index contributed by atoms with van der Waals surface area (Å²) in [6, 6.07) is 10.7. The normalized spacial score (nSPS) is 12.7. The lowest BCUT2D eigenvalue weighted by Gasteiger charge is -2.04. The van der Waals surface area contributed by atoms with E-state index in [4.69, 9.17) is 0 Å². The first-order valence-electron chi connectivity index (χ1n) is 5.46. The molecule has 80 valence electrons. The van der Waals surface area contributed by atoms with Crippen LogP contribution in [0.3, 0.4) is 0 Å². The quantitative estimate of drug-likeness (QED) is 0.654. The molecule has 0 aliphatic rings. The van der Waals surface area contributed by atoms with Crippen LogP contribution < -0.4 is 0 Å². The van der Waals surface area contributed by atoms with Crippen LogP contribution in [-0.4, -0.2) is 11.8 Å². The van der Waals surface area contributed by atoms with Gasteiger partial charge in [-0.1, -0.05) is 49.4 Å². The molecule has 0 bridgehead atoms. The zero-order valence-corrected chi connectivity index (χ0v) is 9.77. The fourth-order valence-electron chi connectivity index (χ4n) is 1.39. The third-order valence-electron chi connectivity index (χ3n) is 2.15. The molecule has 0 fully saturated rings. The van der Waals surface area contributed by atoms with Crippen molar-refractivity contribution in [3.8, 4) is 0 Å². The summed E-state index contributed by atoms with van der Waals surface area (Å²) < 4.78 is 0. The SMILES string of the molecule is CCC(/C=C/c1ccccc1)N=C(C)C. The Hall–Kier alpha value is -1.37. The van der Waals surface area contributed by atoms with Crippen molar-refractivity contribution in [3.05, 3.63) is 42.0 Å². The van der Waals surface area contributed by atoms with Crippen LogP contribution in [0.4, 0.5) is 0 Å². The Bertz CT molecular complexity index is 332. The summed E-state index contributed by atoms with van der Waals surface area (Å²) in [6.45, 7) is 6.24. The van der Waals surface area contributed by atoms with Gasteiger partial charge in [0.05, 0.1) is 6.04 Å². The first-order valence-corrected chi connectivity index (χ1v) is 5.46. The summed E-state index contributed by atoms with van der Waals surface area (Å²) >= 11 is 0. The van der Waals surface area contributed by atoms with Crippen molar-refractivity contribution in [1.29, 1.82) is 0 Å². The highest BCUT2D eigenvalue weighted by molar-refractivity contribution is 5.79. The highest BCUT2D eigenvalue weighted by Gasteiger charge is 1.97. The van der Waals surface area contributed by atoms with E-state index < -0.39 is 0 Å². The van der Waals surface area contributed by atoms with Crippen LogP contribution in [0.25, 0.3) is 6.08 Å². The van der Waals surface area contributed by atoms with Crippen LogP contribution in [0, 0.1) is 0 Å². The summed E-state index contributed by atoms with van der Waals surface area (Å²) in [5, 5.41) is 0. The van der Waals surface area contributed by atoms with Crippen LogP contribution >= 0.6 is 0 Å². The summed E-state index contributed by atoms with van der Waals surface area (Å²) in [6.07, 6.45) is 5.36. The van der Waals surface area contributed by atoms with Crippen LogP contribution in [0.2, 0.25) is 0 Å². The van der Waals surface area contributed by atoms with E-state index in [9.17, 15) is 0 Å². The molecular formula is C14H19N. The molecule has 0 aromatic heterocycles. The molecule has 1 atom stereocenters. The molecule has 1 rings (SSSR count). The molecule has 0 heterocycles. The fraction of sp³-hybridized carbons (Fsp3) is 0.357. The second kappa shape index (κ2) is 6.18. The molecule has 1 aromatic rings. The Kier molecular flexibility index (Phi) is 4.82. The second-order valence-corrected chi connectivity index (χ2v) is 3.82. The van der Waals surface area contributed by atoms with Crippen molar-refractivity contribution in [2.24, 2.45) is 4.99 Å². The molecule has 0 amide bonds. The van der Waals surface area contributed by atoms with Gasteiger partial charge in [-0.2, -0.15) is 0 Å². The van der Waals surface area contributed by atoms with Crippen molar-refractivity contribution in [2.45, 2.75) is 33.2 Å². The third-order valence-corrected chi connectivity index (χ3v) is 2.15. The van der Waals surface area contributed by atoms with Crippen molar-refractivity contribution in [3.63, 3.8) is 0 Å². The number of benzene rings is 1. The van der Waals surface area contributed by atoms with E-state index in [1.54, 1.807) is 0 Å².